The lowest BCUT2D eigenvalue weighted by molar-refractivity contribution is 0.0998. The summed E-state index contributed by atoms with van der Waals surface area (Å²) in [7, 11) is 0. The van der Waals surface area contributed by atoms with Crippen molar-refractivity contribution in [2.45, 2.75) is 0 Å². The van der Waals surface area contributed by atoms with E-state index in [9.17, 15) is 10.0 Å². The fourth-order valence-corrected chi connectivity index (χ4v) is 1.67. The van der Waals surface area contributed by atoms with Crippen LogP contribution in [0.5, 0.6) is 0 Å². The van der Waals surface area contributed by atoms with Crippen molar-refractivity contribution in [1.82, 2.24) is 4.73 Å². The summed E-state index contributed by atoms with van der Waals surface area (Å²) in [6, 6.07) is 9.98. The third-order valence-electron chi connectivity index (χ3n) is 2.22. The Kier molecular flexibility index (Phi) is 3.69. The second kappa shape index (κ2) is 5.25. The van der Waals surface area contributed by atoms with Gasteiger partial charge in [-0.3, -0.25) is 4.79 Å². The number of carbonyl (C=O) groups excluding carboxylic acids is 1. The van der Waals surface area contributed by atoms with Crippen LogP contribution in [0, 0.1) is 0 Å². The number of nitrogens with zero attached hydrogens (tertiary/aromatic N) is 2. The van der Waals surface area contributed by atoms with Crippen molar-refractivity contribution >= 4 is 29.1 Å². The number of aromatic nitrogens is 1. The Labute approximate surface area is 113 Å². The van der Waals surface area contributed by atoms with Crippen LogP contribution in [-0.4, -0.2) is 15.8 Å². The molecule has 0 aliphatic carbocycles. The molecule has 6 heteroatoms. The first-order chi connectivity index (χ1) is 8.59. The van der Waals surface area contributed by atoms with E-state index in [1.54, 1.807) is 30.3 Å². The Morgan fingerprint density at radius 3 is 2.50 bits per heavy atom. The van der Waals surface area contributed by atoms with E-state index in [2.05, 4.69) is 4.99 Å². The Balaban J connectivity index is 2.47. The van der Waals surface area contributed by atoms with Gasteiger partial charge in [0.25, 0.3) is 5.91 Å². The zero-order valence-corrected chi connectivity index (χ0v) is 10.6. The Morgan fingerprint density at radius 1 is 1.17 bits per heavy atom. The van der Waals surface area contributed by atoms with Crippen LogP contribution >= 0.6 is 23.2 Å². The molecule has 0 spiro atoms. The highest BCUT2D eigenvalue weighted by Gasteiger charge is 2.07. The number of amides is 1. The number of hydrogen-bond acceptors (Lipinski definition) is 2. The van der Waals surface area contributed by atoms with Gasteiger partial charge in [0, 0.05) is 11.8 Å². The summed E-state index contributed by atoms with van der Waals surface area (Å²) in [5.74, 6) is -0.427. The number of carbonyl (C=O) groups is 1. The van der Waals surface area contributed by atoms with Crippen LogP contribution < -0.4 is 5.36 Å². The molecule has 4 nitrogen and oxygen atoms in total. The monoisotopic (exact) mass is 282 g/mol. The lowest BCUT2D eigenvalue weighted by atomic mass is 10.2. The average Bonchev–Trinajstić information content (AvgIpc) is 2.40. The van der Waals surface area contributed by atoms with Crippen molar-refractivity contribution in [2.24, 2.45) is 4.99 Å². The average molecular weight is 283 g/mol. The summed E-state index contributed by atoms with van der Waals surface area (Å²) >= 11 is 11.6. The highest BCUT2D eigenvalue weighted by molar-refractivity contribution is 6.41. The molecule has 0 saturated heterocycles. The van der Waals surface area contributed by atoms with Crippen molar-refractivity contribution in [3.63, 3.8) is 0 Å². The molecule has 0 unspecified atom stereocenters. The Morgan fingerprint density at radius 2 is 1.83 bits per heavy atom. The minimum Gasteiger partial charge on any atom is -0.428 e. The molecule has 18 heavy (non-hydrogen) atoms. The molecule has 2 rings (SSSR count). The number of halogens is 2. The van der Waals surface area contributed by atoms with E-state index < -0.39 is 5.91 Å². The van der Waals surface area contributed by atoms with Crippen LogP contribution in [0.3, 0.4) is 0 Å². The maximum atomic E-state index is 11.8. The summed E-state index contributed by atoms with van der Waals surface area (Å²) < 4.78 is 0.649. The normalized spacial score (nSPS) is 11.6. The summed E-state index contributed by atoms with van der Waals surface area (Å²) in [6.45, 7) is 0. The van der Waals surface area contributed by atoms with Crippen LogP contribution in [-0.2, 0) is 0 Å². The van der Waals surface area contributed by atoms with Crippen molar-refractivity contribution in [3.8, 4) is 0 Å². The summed E-state index contributed by atoms with van der Waals surface area (Å²) in [6.07, 6.45) is 1.26. The van der Waals surface area contributed by atoms with Gasteiger partial charge in [0.05, 0.1) is 5.36 Å². The molecule has 2 aromatic rings. The number of rotatable bonds is 1. The molecule has 1 aromatic carbocycles. The third kappa shape index (κ3) is 2.55. The van der Waals surface area contributed by atoms with Crippen LogP contribution in [0.1, 0.15) is 10.4 Å². The maximum absolute atomic E-state index is 11.8. The third-order valence-corrected chi connectivity index (χ3v) is 3.06. The quantitative estimate of drug-likeness (QED) is 0.646. The SMILES string of the molecule is O=C(N=c1ccn(O)c(Cl)c1Cl)c1ccccc1. The molecule has 0 bridgehead atoms. The first-order valence-corrected chi connectivity index (χ1v) is 5.75. The van der Waals surface area contributed by atoms with Crippen molar-refractivity contribution < 1.29 is 10.0 Å². The largest absolute Gasteiger partial charge is 0.428 e. The predicted molar refractivity (Wildman–Crippen MR) is 68.0 cm³/mol. The fraction of sp³-hybridized carbons (Fsp3) is 0. The first kappa shape index (κ1) is 12.7. The minimum atomic E-state index is -0.427. The number of benzene rings is 1. The fourth-order valence-electron chi connectivity index (χ4n) is 1.33. The van der Waals surface area contributed by atoms with Crippen molar-refractivity contribution in [2.75, 3.05) is 0 Å². The van der Waals surface area contributed by atoms with Crippen LogP contribution in [0.25, 0.3) is 0 Å². The first-order valence-electron chi connectivity index (χ1n) is 4.99. The summed E-state index contributed by atoms with van der Waals surface area (Å²) in [5, 5.41) is 9.38. The molecule has 0 radical (unpaired) electrons. The van der Waals surface area contributed by atoms with Gasteiger partial charge >= 0.3 is 0 Å². The predicted octanol–water partition coefficient (Wildman–Crippen LogP) is 2.77. The lowest BCUT2D eigenvalue weighted by Crippen LogP contribution is -2.11. The van der Waals surface area contributed by atoms with E-state index in [0.29, 0.717) is 10.3 Å². The Hall–Kier alpha value is -1.78. The second-order valence-electron chi connectivity index (χ2n) is 3.43. The van der Waals surface area contributed by atoms with Crippen molar-refractivity contribution in [1.29, 1.82) is 0 Å². The standard InChI is InChI=1S/C12H8Cl2N2O2/c13-10-9(6-7-16(18)11(10)14)15-12(17)8-4-2-1-3-5-8/h1-7,18H. The van der Waals surface area contributed by atoms with Crippen molar-refractivity contribution in [3.05, 3.63) is 63.7 Å². The number of pyridine rings is 1. The van der Waals surface area contributed by atoms with Gasteiger partial charge in [0.1, 0.15) is 5.02 Å². The molecule has 0 saturated carbocycles. The van der Waals surface area contributed by atoms with Gasteiger partial charge in [-0.1, -0.05) is 41.4 Å². The van der Waals surface area contributed by atoms with E-state index >= 15 is 0 Å². The van der Waals surface area contributed by atoms with Crippen LogP contribution in [0.4, 0.5) is 0 Å². The highest BCUT2D eigenvalue weighted by atomic mass is 35.5. The molecule has 0 aliphatic rings. The Bertz CT molecular complexity index is 651. The second-order valence-corrected chi connectivity index (χ2v) is 4.17. The van der Waals surface area contributed by atoms with Gasteiger partial charge in [-0.15, -0.1) is 0 Å². The molecule has 1 amide bonds. The molecule has 0 aliphatic heterocycles. The van der Waals surface area contributed by atoms with Gasteiger partial charge in [-0.05, 0) is 18.2 Å². The van der Waals surface area contributed by atoms with Gasteiger partial charge in [-0.2, -0.15) is 4.73 Å². The smallest absolute Gasteiger partial charge is 0.277 e. The number of hydrogen-bond donors (Lipinski definition) is 1. The van der Waals surface area contributed by atoms with Gasteiger partial charge in [0.2, 0.25) is 0 Å². The maximum Gasteiger partial charge on any atom is 0.277 e. The molecule has 1 heterocycles. The van der Waals surface area contributed by atoms with Gasteiger partial charge in [0.15, 0.2) is 5.15 Å². The lowest BCUT2D eigenvalue weighted by Gasteiger charge is -2.02. The zero-order valence-electron chi connectivity index (χ0n) is 9.05. The minimum absolute atomic E-state index is 0.0194. The molecule has 1 N–H and O–H groups in total. The summed E-state index contributed by atoms with van der Waals surface area (Å²) in [4.78, 5) is 15.7. The van der Waals surface area contributed by atoms with E-state index in [1.807, 2.05) is 0 Å². The van der Waals surface area contributed by atoms with Crippen LogP contribution in [0.15, 0.2) is 47.6 Å². The van der Waals surface area contributed by atoms with Gasteiger partial charge in [-0.25, -0.2) is 4.99 Å². The van der Waals surface area contributed by atoms with E-state index in [0.717, 1.165) is 0 Å². The zero-order chi connectivity index (χ0) is 13.1. The molecule has 1 aromatic heterocycles. The van der Waals surface area contributed by atoms with Gasteiger partial charge < -0.3 is 5.21 Å². The van der Waals surface area contributed by atoms with Crippen LogP contribution in [0.2, 0.25) is 10.2 Å². The highest BCUT2D eigenvalue weighted by Crippen LogP contribution is 2.15. The molecule has 92 valence electrons. The van der Waals surface area contributed by atoms with E-state index in [-0.39, 0.29) is 15.5 Å². The molecule has 0 fully saturated rings. The molecule has 0 atom stereocenters. The molecular formula is C12H8Cl2N2O2. The van der Waals surface area contributed by atoms with E-state index in [4.69, 9.17) is 23.2 Å². The summed E-state index contributed by atoms with van der Waals surface area (Å²) in [5.41, 5.74) is 0.449. The van der Waals surface area contributed by atoms with E-state index in [1.165, 1.54) is 12.3 Å². The molecular weight excluding hydrogens is 275 g/mol. The topological polar surface area (TPSA) is 54.6 Å².